The Hall–Kier alpha value is -2.27. The lowest BCUT2D eigenvalue weighted by Gasteiger charge is -2.06. The summed E-state index contributed by atoms with van der Waals surface area (Å²) in [6, 6.07) is 15.5. The Morgan fingerprint density at radius 3 is 2.64 bits per heavy atom. The molecule has 112 valence electrons. The number of aryl methyl sites for hydroxylation is 1. The van der Waals surface area contributed by atoms with Gasteiger partial charge in [-0.3, -0.25) is 0 Å². The second kappa shape index (κ2) is 5.85. The third-order valence-electron chi connectivity index (χ3n) is 3.56. The van der Waals surface area contributed by atoms with Gasteiger partial charge in [-0.05, 0) is 39.7 Å². The molecular weight excluding hydrogens is 346 g/mol. The second-order valence-electron chi connectivity index (χ2n) is 4.98. The third-order valence-corrected chi connectivity index (χ3v) is 4.36. The van der Waals surface area contributed by atoms with E-state index in [1.165, 1.54) is 0 Å². The fourth-order valence-corrected chi connectivity index (χ4v) is 3.20. The molecule has 0 fully saturated rings. The van der Waals surface area contributed by atoms with Crippen molar-refractivity contribution >= 4 is 32.8 Å². The number of aromatic carboxylic acids is 1. The van der Waals surface area contributed by atoms with E-state index in [9.17, 15) is 9.90 Å². The molecule has 0 amide bonds. The highest BCUT2D eigenvalue weighted by molar-refractivity contribution is 9.10. The number of halogens is 1. The van der Waals surface area contributed by atoms with Gasteiger partial charge < -0.3 is 14.4 Å². The van der Waals surface area contributed by atoms with Crippen molar-refractivity contribution in [3.63, 3.8) is 0 Å². The molecule has 0 spiro atoms. The van der Waals surface area contributed by atoms with Crippen LogP contribution in [0, 0.1) is 0 Å². The van der Waals surface area contributed by atoms with Crippen LogP contribution in [0.4, 0.5) is 0 Å². The topological polar surface area (TPSA) is 51.5 Å². The zero-order valence-corrected chi connectivity index (χ0v) is 13.5. The summed E-state index contributed by atoms with van der Waals surface area (Å²) in [4.78, 5) is 11.3. The number of carboxylic acids is 1. The third kappa shape index (κ3) is 2.60. The number of fused-ring (bicyclic) bond motifs is 1. The predicted octanol–water partition coefficient (Wildman–Crippen LogP) is 4.22. The fraction of sp³-hybridized carbons (Fsp3) is 0.118. The number of hydrogen-bond acceptors (Lipinski definition) is 2. The van der Waals surface area contributed by atoms with Gasteiger partial charge in [0, 0.05) is 18.0 Å². The van der Waals surface area contributed by atoms with Crippen LogP contribution in [0.2, 0.25) is 0 Å². The number of aromatic nitrogens is 1. The van der Waals surface area contributed by atoms with Crippen LogP contribution in [-0.4, -0.2) is 15.6 Å². The van der Waals surface area contributed by atoms with Gasteiger partial charge in [0.25, 0.3) is 0 Å². The van der Waals surface area contributed by atoms with E-state index >= 15 is 0 Å². The van der Waals surface area contributed by atoms with Crippen LogP contribution >= 0.6 is 15.9 Å². The van der Waals surface area contributed by atoms with Gasteiger partial charge in [0.15, 0.2) is 0 Å². The fourth-order valence-electron chi connectivity index (χ4n) is 2.45. The van der Waals surface area contributed by atoms with E-state index in [0.717, 1.165) is 16.5 Å². The van der Waals surface area contributed by atoms with Gasteiger partial charge in [0.05, 0.1) is 4.47 Å². The second-order valence-corrected chi connectivity index (χ2v) is 5.77. The molecule has 2 aromatic carbocycles. The molecule has 1 N–H and O–H groups in total. The summed E-state index contributed by atoms with van der Waals surface area (Å²) < 4.78 is 8.01. The minimum atomic E-state index is -0.961. The Morgan fingerprint density at radius 1 is 1.23 bits per heavy atom. The lowest BCUT2D eigenvalue weighted by atomic mass is 10.2. The first-order valence-electron chi connectivity index (χ1n) is 6.76. The Morgan fingerprint density at radius 2 is 1.95 bits per heavy atom. The monoisotopic (exact) mass is 359 g/mol. The van der Waals surface area contributed by atoms with Gasteiger partial charge in [-0.25, -0.2) is 4.79 Å². The first-order valence-corrected chi connectivity index (χ1v) is 7.55. The maximum atomic E-state index is 11.3. The van der Waals surface area contributed by atoms with Crippen LogP contribution in [0.15, 0.2) is 53.0 Å². The molecule has 5 heteroatoms. The van der Waals surface area contributed by atoms with Crippen LogP contribution in [0.5, 0.6) is 5.75 Å². The van der Waals surface area contributed by atoms with Crippen molar-refractivity contribution < 1.29 is 14.6 Å². The Kier molecular flexibility index (Phi) is 3.90. The average Bonchev–Trinajstić information content (AvgIpc) is 2.77. The molecule has 0 bridgehead atoms. The maximum absolute atomic E-state index is 11.3. The van der Waals surface area contributed by atoms with Crippen LogP contribution in [0.1, 0.15) is 16.1 Å². The van der Waals surface area contributed by atoms with Gasteiger partial charge in [-0.15, -0.1) is 0 Å². The van der Waals surface area contributed by atoms with Gasteiger partial charge >= 0.3 is 5.97 Å². The largest absolute Gasteiger partial charge is 0.489 e. The smallest absolute Gasteiger partial charge is 0.353 e. The normalized spacial score (nSPS) is 10.8. The number of carboxylic acid groups (broad SMARTS) is 1. The zero-order valence-electron chi connectivity index (χ0n) is 11.9. The summed E-state index contributed by atoms with van der Waals surface area (Å²) in [6.45, 7) is 0.475. The lowest BCUT2D eigenvalue weighted by molar-refractivity contribution is 0.0686. The summed E-state index contributed by atoms with van der Waals surface area (Å²) in [7, 11) is 1.74. The molecule has 0 aliphatic rings. The number of hydrogen-bond donors (Lipinski definition) is 1. The van der Waals surface area contributed by atoms with E-state index in [0.29, 0.717) is 16.8 Å². The molecular formula is C17H14BrNO3. The van der Waals surface area contributed by atoms with Crippen molar-refractivity contribution in [1.82, 2.24) is 4.57 Å². The van der Waals surface area contributed by atoms with Crippen molar-refractivity contribution in [3.05, 3.63) is 64.3 Å². The van der Waals surface area contributed by atoms with Crippen molar-refractivity contribution in [2.24, 2.45) is 7.05 Å². The summed E-state index contributed by atoms with van der Waals surface area (Å²) in [5, 5.41) is 10.1. The van der Waals surface area contributed by atoms with Gasteiger partial charge in [-0.1, -0.05) is 30.3 Å². The highest BCUT2D eigenvalue weighted by Gasteiger charge is 2.19. The number of rotatable bonds is 4. The molecule has 0 saturated heterocycles. The minimum Gasteiger partial charge on any atom is -0.489 e. The highest BCUT2D eigenvalue weighted by atomic mass is 79.9. The summed E-state index contributed by atoms with van der Waals surface area (Å²) >= 11 is 3.38. The molecule has 0 atom stereocenters. The van der Waals surface area contributed by atoms with Crippen molar-refractivity contribution in [2.45, 2.75) is 6.61 Å². The van der Waals surface area contributed by atoms with Crippen LogP contribution in [-0.2, 0) is 13.7 Å². The quantitative estimate of drug-likeness (QED) is 0.758. The Balaban J connectivity index is 1.93. The van der Waals surface area contributed by atoms with Crippen LogP contribution in [0.3, 0.4) is 0 Å². The van der Waals surface area contributed by atoms with Gasteiger partial charge in [0.2, 0.25) is 0 Å². The number of nitrogens with zero attached hydrogens (tertiary/aromatic N) is 1. The lowest BCUT2D eigenvalue weighted by Crippen LogP contribution is -2.04. The predicted molar refractivity (Wildman–Crippen MR) is 88.4 cm³/mol. The molecule has 3 aromatic rings. The number of benzene rings is 2. The maximum Gasteiger partial charge on any atom is 0.353 e. The van der Waals surface area contributed by atoms with Crippen LogP contribution in [0.25, 0.3) is 10.9 Å². The standard InChI is InChI=1S/C17H14BrNO3/c1-19-14-8-7-12(22-10-11-5-3-2-4-6-11)9-13(14)15(18)16(19)17(20)21/h2-9H,10H2,1H3,(H,20,21). The molecule has 0 saturated carbocycles. The molecule has 0 unspecified atom stereocenters. The summed E-state index contributed by atoms with van der Waals surface area (Å²) in [6.07, 6.45) is 0. The highest BCUT2D eigenvalue weighted by Crippen LogP contribution is 2.33. The van der Waals surface area contributed by atoms with E-state index in [1.807, 2.05) is 48.5 Å². The van der Waals surface area contributed by atoms with E-state index in [1.54, 1.807) is 11.6 Å². The summed E-state index contributed by atoms with van der Waals surface area (Å²) in [5.74, 6) is -0.253. The van der Waals surface area contributed by atoms with E-state index < -0.39 is 5.97 Å². The van der Waals surface area contributed by atoms with Gasteiger partial charge in [0.1, 0.15) is 18.1 Å². The SMILES string of the molecule is Cn1c(C(=O)O)c(Br)c2cc(OCc3ccccc3)ccc21. The van der Waals surface area contributed by atoms with Crippen molar-refractivity contribution in [3.8, 4) is 5.75 Å². The molecule has 0 radical (unpaired) electrons. The van der Waals surface area contributed by atoms with E-state index in [2.05, 4.69) is 15.9 Å². The van der Waals surface area contributed by atoms with Gasteiger partial charge in [-0.2, -0.15) is 0 Å². The first kappa shape index (κ1) is 14.7. The van der Waals surface area contributed by atoms with Crippen molar-refractivity contribution in [1.29, 1.82) is 0 Å². The number of ether oxygens (including phenoxy) is 1. The molecule has 1 heterocycles. The van der Waals surface area contributed by atoms with Crippen LogP contribution < -0.4 is 4.74 Å². The molecule has 22 heavy (non-hydrogen) atoms. The average molecular weight is 360 g/mol. The molecule has 0 aliphatic heterocycles. The van der Waals surface area contributed by atoms with E-state index in [4.69, 9.17) is 4.74 Å². The molecule has 4 nitrogen and oxygen atoms in total. The molecule has 0 aliphatic carbocycles. The first-order chi connectivity index (χ1) is 10.6. The minimum absolute atomic E-state index is 0.232. The zero-order chi connectivity index (χ0) is 15.7. The van der Waals surface area contributed by atoms with E-state index in [-0.39, 0.29) is 5.69 Å². The molecule has 1 aromatic heterocycles. The number of carbonyl (C=O) groups is 1. The summed E-state index contributed by atoms with van der Waals surface area (Å²) in [5.41, 5.74) is 2.16. The Bertz CT molecular complexity index is 840. The molecule has 3 rings (SSSR count). The van der Waals surface area contributed by atoms with Crippen molar-refractivity contribution in [2.75, 3.05) is 0 Å². The Labute approximate surface area is 136 Å².